The lowest BCUT2D eigenvalue weighted by atomic mass is 10.3. The van der Waals surface area contributed by atoms with Crippen molar-refractivity contribution in [3.63, 3.8) is 0 Å². The summed E-state index contributed by atoms with van der Waals surface area (Å²) in [6, 6.07) is 6.60. The van der Waals surface area contributed by atoms with Crippen LogP contribution in [0.2, 0.25) is 0 Å². The van der Waals surface area contributed by atoms with E-state index in [-0.39, 0.29) is 10.9 Å². The topological polar surface area (TPSA) is 97.1 Å². The SMILES string of the molecule is CCNCc1nnc(Nc2ccc(S(C)(=O)=O)cc2)o1. The minimum atomic E-state index is -3.19. The highest BCUT2D eigenvalue weighted by Crippen LogP contribution is 2.18. The van der Waals surface area contributed by atoms with Crippen molar-refractivity contribution in [1.29, 1.82) is 0 Å². The third-order valence-electron chi connectivity index (χ3n) is 2.53. The number of sulfone groups is 1. The highest BCUT2D eigenvalue weighted by atomic mass is 32.2. The van der Waals surface area contributed by atoms with Crippen molar-refractivity contribution in [1.82, 2.24) is 15.5 Å². The molecule has 0 unspecified atom stereocenters. The molecule has 0 radical (unpaired) electrons. The van der Waals surface area contributed by atoms with Gasteiger partial charge in [0.1, 0.15) is 0 Å². The second kappa shape index (κ2) is 6.02. The molecule has 7 nitrogen and oxygen atoms in total. The summed E-state index contributed by atoms with van der Waals surface area (Å²) < 4.78 is 28.0. The van der Waals surface area contributed by atoms with Crippen LogP contribution in [0.5, 0.6) is 0 Å². The Hall–Kier alpha value is -1.93. The molecule has 2 aromatic rings. The van der Waals surface area contributed by atoms with Gasteiger partial charge in [-0.2, -0.15) is 0 Å². The van der Waals surface area contributed by atoms with Gasteiger partial charge in [-0.3, -0.25) is 0 Å². The molecule has 0 saturated carbocycles. The Kier molecular flexibility index (Phi) is 4.35. The minimum absolute atomic E-state index is 0.265. The normalized spacial score (nSPS) is 11.5. The van der Waals surface area contributed by atoms with Crippen LogP contribution >= 0.6 is 0 Å². The molecule has 0 saturated heterocycles. The first-order valence-electron chi connectivity index (χ1n) is 6.09. The summed E-state index contributed by atoms with van der Waals surface area (Å²) in [6.07, 6.45) is 1.17. The zero-order valence-electron chi connectivity index (χ0n) is 11.3. The molecule has 0 atom stereocenters. The molecule has 1 heterocycles. The molecule has 8 heteroatoms. The predicted octanol–water partition coefficient (Wildman–Crippen LogP) is 1.33. The number of nitrogens with one attached hydrogen (secondary N) is 2. The maximum absolute atomic E-state index is 11.3. The van der Waals surface area contributed by atoms with Gasteiger partial charge in [-0.15, -0.1) is 5.10 Å². The standard InChI is InChI=1S/C12H16N4O3S/c1-3-13-8-11-15-16-12(19-11)14-9-4-6-10(7-5-9)20(2,17)18/h4-7,13H,3,8H2,1-2H3,(H,14,16). The number of hydrogen-bond donors (Lipinski definition) is 2. The van der Waals surface area contributed by atoms with Crippen molar-refractivity contribution in [3.05, 3.63) is 30.2 Å². The second-order valence-corrected chi connectivity index (χ2v) is 6.22. The van der Waals surface area contributed by atoms with Crippen molar-refractivity contribution < 1.29 is 12.8 Å². The molecule has 1 aromatic heterocycles. The Morgan fingerprint density at radius 3 is 2.50 bits per heavy atom. The van der Waals surface area contributed by atoms with E-state index in [0.717, 1.165) is 6.54 Å². The van der Waals surface area contributed by atoms with Crippen molar-refractivity contribution >= 4 is 21.5 Å². The number of hydrogen-bond acceptors (Lipinski definition) is 7. The van der Waals surface area contributed by atoms with Crippen molar-refractivity contribution in [2.75, 3.05) is 18.1 Å². The quantitative estimate of drug-likeness (QED) is 0.829. The van der Waals surface area contributed by atoms with Gasteiger partial charge in [-0.1, -0.05) is 12.0 Å². The van der Waals surface area contributed by atoms with Crippen LogP contribution < -0.4 is 10.6 Å². The Morgan fingerprint density at radius 2 is 1.90 bits per heavy atom. The fraction of sp³-hybridized carbons (Fsp3) is 0.333. The molecule has 0 amide bonds. The Morgan fingerprint density at radius 1 is 1.20 bits per heavy atom. The highest BCUT2D eigenvalue weighted by Gasteiger charge is 2.08. The van der Waals surface area contributed by atoms with Crippen molar-refractivity contribution in [2.45, 2.75) is 18.4 Å². The third-order valence-corrected chi connectivity index (χ3v) is 3.66. The summed E-state index contributed by atoms with van der Waals surface area (Å²) in [5.74, 6) is 0.488. The van der Waals surface area contributed by atoms with Crippen LogP contribution in [-0.2, 0) is 16.4 Å². The Balaban J connectivity index is 2.05. The molecule has 1 aromatic carbocycles. The number of aromatic nitrogens is 2. The van der Waals surface area contributed by atoms with Gasteiger partial charge in [0.25, 0.3) is 0 Å². The van der Waals surface area contributed by atoms with E-state index in [0.29, 0.717) is 18.1 Å². The lowest BCUT2D eigenvalue weighted by Gasteiger charge is -2.02. The largest absolute Gasteiger partial charge is 0.406 e. The molecule has 0 aliphatic carbocycles. The van der Waals surface area contributed by atoms with Gasteiger partial charge in [0.15, 0.2) is 9.84 Å². The summed E-state index contributed by atoms with van der Waals surface area (Å²) in [5.41, 5.74) is 0.677. The average Bonchev–Trinajstić information content (AvgIpc) is 2.83. The first-order valence-corrected chi connectivity index (χ1v) is 7.98. The fourth-order valence-corrected chi connectivity index (χ4v) is 2.15. The summed E-state index contributed by atoms with van der Waals surface area (Å²) in [5, 5.41) is 13.7. The van der Waals surface area contributed by atoms with Gasteiger partial charge in [0, 0.05) is 11.9 Å². The van der Waals surface area contributed by atoms with E-state index in [4.69, 9.17) is 4.42 Å². The summed E-state index contributed by atoms with van der Waals surface area (Å²) >= 11 is 0. The van der Waals surface area contributed by atoms with Crippen LogP contribution in [0.3, 0.4) is 0 Å². The van der Waals surface area contributed by atoms with Crippen LogP contribution in [0.4, 0.5) is 11.7 Å². The van der Waals surface area contributed by atoms with Crippen LogP contribution in [0.25, 0.3) is 0 Å². The number of anilines is 2. The number of nitrogens with zero attached hydrogens (tertiary/aromatic N) is 2. The van der Waals surface area contributed by atoms with E-state index in [2.05, 4.69) is 20.8 Å². The van der Waals surface area contributed by atoms with E-state index in [9.17, 15) is 8.42 Å². The zero-order valence-corrected chi connectivity index (χ0v) is 12.1. The van der Waals surface area contributed by atoms with E-state index in [1.165, 1.54) is 18.4 Å². The van der Waals surface area contributed by atoms with E-state index < -0.39 is 9.84 Å². The van der Waals surface area contributed by atoms with Crippen molar-refractivity contribution in [3.8, 4) is 0 Å². The van der Waals surface area contributed by atoms with Gasteiger partial charge < -0.3 is 15.1 Å². The molecule has 2 rings (SSSR count). The molecule has 20 heavy (non-hydrogen) atoms. The number of benzene rings is 1. The van der Waals surface area contributed by atoms with E-state index in [1.807, 2.05) is 6.92 Å². The molecule has 0 aliphatic heterocycles. The van der Waals surface area contributed by atoms with Gasteiger partial charge >= 0.3 is 6.01 Å². The first kappa shape index (κ1) is 14.5. The average molecular weight is 296 g/mol. The minimum Gasteiger partial charge on any atom is -0.406 e. The summed E-state index contributed by atoms with van der Waals surface area (Å²) in [4.78, 5) is 0.265. The lowest BCUT2D eigenvalue weighted by molar-refractivity contribution is 0.484. The molecule has 2 N–H and O–H groups in total. The molecule has 0 spiro atoms. The summed E-state index contributed by atoms with van der Waals surface area (Å²) in [6.45, 7) is 3.31. The van der Waals surface area contributed by atoms with E-state index >= 15 is 0 Å². The van der Waals surface area contributed by atoms with Crippen LogP contribution in [-0.4, -0.2) is 31.4 Å². The summed E-state index contributed by atoms with van der Waals surface area (Å²) in [7, 11) is -3.19. The van der Waals surface area contributed by atoms with Crippen LogP contribution in [0.15, 0.2) is 33.6 Å². The molecule has 0 fully saturated rings. The van der Waals surface area contributed by atoms with Crippen LogP contribution in [0.1, 0.15) is 12.8 Å². The predicted molar refractivity (Wildman–Crippen MR) is 74.5 cm³/mol. The van der Waals surface area contributed by atoms with Gasteiger partial charge in [0.05, 0.1) is 11.4 Å². The van der Waals surface area contributed by atoms with Gasteiger partial charge in [0.2, 0.25) is 5.89 Å². The van der Waals surface area contributed by atoms with Crippen molar-refractivity contribution in [2.24, 2.45) is 0 Å². The van der Waals surface area contributed by atoms with Gasteiger partial charge in [-0.25, -0.2) is 8.42 Å². The van der Waals surface area contributed by atoms with Crippen LogP contribution in [0, 0.1) is 0 Å². The van der Waals surface area contributed by atoms with E-state index in [1.54, 1.807) is 12.1 Å². The second-order valence-electron chi connectivity index (χ2n) is 4.20. The maximum atomic E-state index is 11.3. The lowest BCUT2D eigenvalue weighted by Crippen LogP contribution is -2.11. The first-order chi connectivity index (χ1) is 9.49. The monoisotopic (exact) mass is 296 g/mol. The fourth-order valence-electron chi connectivity index (χ4n) is 1.52. The smallest absolute Gasteiger partial charge is 0.320 e. The third kappa shape index (κ3) is 3.78. The maximum Gasteiger partial charge on any atom is 0.320 e. The zero-order chi connectivity index (χ0) is 14.6. The number of rotatable bonds is 6. The molecule has 0 aliphatic rings. The molecule has 0 bridgehead atoms. The van der Waals surface area contributed by atoms with Gasteiger partial charge in [-0.05, 0) is 30.8 Å². The molecule has 108 valence electrons. The Bertz CT molecular complexity index is 664. The Labute approximate surface area is 117 Å². The molecular formula is C12H16N4O3S. The highest BCUT2D eigenvalue weighted by molar-refractivity contribution is 7.90. The molecular weight excluding hydrogens is 280 g/mol.